The van der Waals surface area contributed by atoms with Crippen LogP contribution in [0.1, 0.15) is 54.6 Å². The topological polar surface area (TPSA) is 63.1 Å². The van der Waals surface area contributed by atoms with E-state index < -0.39 is 0 Å². The molecule has 2 aliphatic rings. The van der Waals surface area contributed by atoms with Crippen molar-refractivity contribution in [2.24, 2.45) is 0 Å². The van der Waals surface area contributed by atoms with Crippen molar-refractivity contribution in [3.63, 3.8) is 0 Å². The van der Waals surface area contributed by atoms with Gasteiger partial charge in [0.15, 0.2) is 0 Å². The molecular weight excluding hydrogens is 362 g/mol. The van der Waals surface area contributed by atoms with E-state index in [9.17, 15) is 4.79 Å². The minimum Gasteiger partial charge on any atom is -0.323 e. The Morgan fingerprint density at radius 1 is 1.30 bits per heavy atom. The Bertz CT molecular complexity index is 822. The monoisotopic (exact) mass is 387 g/mol. The SMILES string of the molecule is Cc1cc(C)c(NC(=O)CN2CCCC(c3nncn3C3CC3)C2)c(Cl)c1. The smallest absolute Gasteiger partial charge is 0.238 e. The molecule has 1 aromatic heterocycles. The zero-order valence-electron chi connectivity index (χ0n) is 15.9. The lowest BCUT2D eigenvalue weighted by Crippen LogP contribution is -2.40. The van der Waals surface area contributed by atoms with Crippen LogP contribution in [0.25, 0.3) is 0 Å². The number of piperidine rings is 1. The lowest BCUT2D eigenvalue weighted by molar-refractivity contribution is -0.117. The first kappa shape index (κ1) is 18.4. The summed E-state index contributed by atoms with van der Waals surface area (Å²) in [4.78, 5) is 14.8. The van der Waals surface area contributed by atoms with Gasteiger partial charge >= 0.3 is 0 Å². The van der Waals surface area contributed by atoms with Crippen LogP contribution in [0.15, 0.2) is 18.5 Å². The zero-order valence-corrected chi connectivity index (χ0v) is 16.7. The number of hydrogen-bond acceptors (Lipinski definition) is 4. The molecule has 1 unspecified atom stereocenters. The number of hydrogen-bond donors (Lipinski definition) is 1. The summed E-state index contributed by atoms with van der Waals surface area (Å²) in [7, 11) is 0. The van der Waals surface area contributed by atoms with Gasteiger partial charge in [0.1, 0.15) is 12.2 Å². The van der Waals surface area contributed by atoms with E-state index in [0.29, 0.717) is 29.2 Å². The van der Waals surface area contributed by atoms with Gasteiger partial charge in [-0.2, -0.15) is 0 Å². The fourth-order valence-electron chi connectivity index (χ4n) is 4.04. The van der Waals surface area contributed by atoms with E-state index in [1.54, 1.807) is 0 Å². The van der Waals surface area contributed by atoms with Crippen LogP contribution in [0, 0.1) is 13.8 Å². The van der Waals surface area contributed by atoms with Gasteiger partial charge in [0.25, 0.3) is 0 Å². The number of aryl methyl sites for hydroxylation is 2. The molecule has 1 saturated heterocycles. The third kappa shape index (κ3) is 4.17. The van der Waals surface area contributed by atoms with Gasteiger partial charge in [0.2, 0.25) is 5.91 Å². The van der Waals surface area contributed by atoms with Crippen LogP contribution in [-0.4, -0.2) is 45.2 Å². The highest BCUT2D eigenvalue weighted by molar-refractivity contribution is 6.34. The molecule has 2 aromatic rings. The Morgan fingerprint density at radius 2 is 2.11 bits per heavy atom. The van der Waals surface area contributed by atoms with Crippen LogP contribution in [0.2, 0.25) is 5.02 Å². The Labute approximate surface area is 164 Å². The molecule has 0 radical (unpaired) electrons. The van der Waals surface area contributed by atoms with Crippen molar-refractivity contribution >= 4 is 23.2 Å². The molecule has 7 heteroatoms. The van der Waals surface area contributed by atoms with Crippen LogP contribution < -0.4 is 5.32 Å². The number of halogens is 1. The van der Waals surface area contributed by atoms with Crippen LogP contribution in [0.4, 0.5) is 5.69 Å². The fourth-order valence-corrected chi connectivity index (χ4v) is 4.41. The van der Waals surface area contributed by atoms with Crippen LogP contribution in [0.3, 0.4) is 0 Å². The van der Waals surface area contributed by atoms with E-state index in [4.69, 9.17) is 11.6 Å². The van der Waals surface area contributed by atoms with Gasteiger partial charge in [-0.05, 0) is 63.3 Å². The highest BCUT2D eigenvalue weighted by Crippen LogP contribution is 2.38. The number of nitrogens with one attached hydrogen (secondary N) is 1. The van der Waals surface area contributed by atoms with E-state index in [1.807, 2.05) is 32.3 Å². The van der Waals surface area contributed by atoms with Crippen molar-refractivity contribution in [2.75, 3.05) is 25.0 Å². The standard InChI is InChI=1S/C20H26ClN5O/c1-13-8-14(2)19(17(21)9-13)23-18(27)11-25-7-3-4-15(10-25)20-24-22-12-26(20)16-5-6-16/h8-9,12,15-16H,3-7,10-11H2,1-2H3,(H,23,27). The molecule has 1 atom stereocenters. The van der Waals surface area contributed by atoms with Crippen molar-refractivity contribution in [3.05, 3.63) is 40.4 Å². The average Bonchev–Trinajstić information content (AvgIpc) is 3.35. The first-order valence-corrected chi connectivity index (χ1v) is 10.1. The molecule has 2 heterocycles. The van der Waals surface area contributed by atoms with E-state index >= 15 is 0 Å². The summed E-state index contributed by atoms with van der Waals surface area (Å²) < 4.78 is 2.24. The molecule has 27 heavy (non-hydrogen) atoms. The third-order valence-corrected chi connectivity index (χ3v) is 5.77. The highest BCUT2D eigenvalue weighted by Gasteiger charge is 2.31. The van der Waals surface area contributed by atoms with E-state index in [0.717, 1.165) is 42.9 Å². The zero-order chi connectivity index (χ0) is 19.0. The summed E-state index contributed by atoms with van der Waals surface area (Å²) in [6.45, 7) is 6.12. The van der Waals surface area contributed by atoms with Gasteiger partial charge in [0.05, 0.1) is 17.3 Å². The molecule has 1 saturated carbocycles. The van der Waals surface area contributed by atoms with E-state index in [-0.39, 0.29) is 5.91 Å². The maximum atomic E-state index is 12.6. The third-order valence-electron chi connectivity index (χ3n) is 5.48. The number of anilines is 1. The van der Waals surface area contributed by atoms with Gasteiger partial charge in [-0.15, -0.1) is 10.2 Å². The van der Waals surface area contributed by atoms with Crippen molar-refractivity contribution in [2.45, 2.75) is 51.5 Å². The van der Waals surface area contributed by atoms with Crippen molar-refractivity contribution in [3.8, 4) is 0 Å². The molecule has 144 valence electrons. The van der Waals surface area contributed by atoms with E-state index in [2.05, 4.69) is 25.0 Å². The number of benzene rings is 1. The molecule has 1 aromatic carbocycles. The van der Waals surface area contributed by atoms with Crippen LogP contribution in [-0.2, 0) is 4.79 Å². The predicted octanol–water partition coefficient (Wildman–Crippen LogP) is 3.70. The molecule has 0 bridgehead atoms. The predicted molar refractivity (Wildman–Crippen MR) is 106 cm³/mol. The quantitative estimate of drug-likeness (QED) is 0.849. The molecule has 0 spiro atoms. The number of rotatable bonds is 5. The molecule has 1 N–H and O–H groups in total. The molecule has 4 rings (SSSR count). The number of amides is 1. The number of nitrogens with zero attached hydrogens (tertiary/aromatic N) is 4. The number of carbonyl (C=O) groups excluding carboxylic acids is 1. The van der Waals surface area contributed by atoms with Gasteiger partial charge in [-0.3, -0.25) is 9.69 Å². The second kappa shape index (κ2) is 7.60. The molecule has 1 aliphatic carbocycles. The Hall–Kier alpha value is -1.92. The Morgan fingerprint density at radius 3 is 2.85 bits per heavy atom. The largest absolute Gasteiger partial charge is 0.323 e. The molecule has 1 amide bonds. The maximum Gasteiger partial charge on any atom is 0.238 e. The number of carbonyl (C=O) groups is 1. The molecule has 6 nitrogen and oxygen atoms in total. The number of aromatic nitrogens is 3. The lowest BCUT2D eigenvalue weighted by Gasteiger charge is -2.32. The normalized spacial score (nSPS) is 20.6. The van der Waals surface area contributed by atoms with Crippen LogP contribution in [0.5, 0.6) is 0 Å². The highest BCUT2D eigenvalue weighted by atomic mass is 35.5. The minimum atomic E-state index is -0.0202. The van der Waals surface area contributed by atoms with Crippen molar-refractivity contribution in [1.29, 1.82) is 0 Å². The Kier molecular flexibility index (Phi) is 5.19. The number of likely N-dealkylation sites (tertiary alicyclic amines) is 1. The maximum absolute atomic E-state index is 12.6. The lowest BCUT2D eigenvalue weighted by atomic mass is 9.97. The van der Waals surface area contributed by atoms with Gasteiger partial charge in [0, 0.05) is 18.5 Å². The van der Waals surface area contributed by atoms with Gasteiger partial charge in [-0.1, -0.05) is 17.7 Å². The summed E-state index contributed by atoms with van der Waals surface area (Å²) >= 11 is 6.32. The average molecular weight is 388 g/mol. The first-order valence-electron chi connectivity index (χ1n) is 9.69. The minimum absolute atomic E-state index is 0.0202. The summed E-state index contributed by atoms with van der Waals surface area (Å²) in [5, 5.41) is 12.1. The second-order valence-electron chi connectivity index (χ2n) is 7.89. The Balaban J connectivity index is 1.39. The second-order valence-corrected chi connectivity index (χ2v) is 8.30. The fraction of sp³-hybridized carbons (Fsp3) is 0.550. The first-order chi connectivity index (χ1) is 13.0. The summed E-state index contributed by atoms with van der Waals surface area (Å²) in [6, 6.07) is 4.50. The van der Waals surface area contributed by atoms with Crippen molar-refractivity contribution in [1.82, 2.24) is 19.7 Å². The van der Waals surface area contributed by atoms with E-state index in [1.165, 1.54) is 12.8 Å². The molecule has 2 fully saturated rings. The van der Waals surface area contributed by atoms with Gasteiger partial charge < -0.3 is 9.88 Å². The summed E-state index contributed by atoms with van der Waals surface area (Å²) in [5.74, 6) is 1.41. The summed E-state index contributed by atoms with van der Waals surface area (Å²) in [6.07, 6.45) is 6.48. The van der Waals surface area contributed by atoms with Crippen molar-refractivity contribution < 1.29 is 4.79 Å². The summed E-state index contributed by atoms with van der Waals surface area (Å²) in [5.41, 5.74) is 2.80. The van der Waals surface area contributed by atoms with Gasteiger partial charge in [-0.25, -0.2) is 0 Å². The van der Waals surface area contributed by atoms with Crippen LogP contribution >= 0.6 is 11.6 Å². The molecule has 1 aliphatic heterocycles. The molecular formula is C20H26ClN5O.